The van der Waals surface area contributed by atoms with Crippen LogP contribution in [0.5, 0.6) is 5.75 Å². The lowest BCUT2D eigenvalue weighted by Crippen LogP contribution is -2.18. The van der Waals surface area contributed by atoms with Gasteiger partial charge in [0, 0.05) is 0 Å². The Balaban J connectivity index is 2.58. The van der Waals surface area contributed by atoms with Crippen molar-refractivity contribution in [1.82, 2.24) is 0 Å². The van der Waals surface area contributed by atoms with Gasteiger partial charge in [0.05, 0.1) is 5.75 Å². The van der Waals surface area contributed by atoms with Gasteiger partial charge in [0.25, 0.3) is 0 Å². The van der Waals surface area contributed by atoms with Crippen LogP contribution in [0.25, 0.3) is 0 Å². The van der Waals surface area contributed by atoms with E-state index in [4.69, 9.17) is 3.79 Å². The van der Waals surface area contributed by atoms with Crippen LogP contribution in [0.3, 0.4) is 0 Å². The molecule has 0 fully saturated rings. The van der Waals surface area contributed by atoms with Crippen molar-refractivity contribution in [2.75, 3.05) is 0 Å². The summed E-state index contributed by atoms with van der Waals surface area (Å²) in [5.41, 5.74) is 1.04. The van der Waals surface area contributed by atoms with E-state index in [1.54, 1.807) is 0 Å². The highest BCUT2D eigenvalue weighted by Crippen LogP contribution is 2.14. The molecule has 13 heavy (non-hydrogen) atoms. The monoisotopic (exact) mass is 191 g/mol. The average Bonchev–Trinajstić information content (AvgIpc) is 2.17. The first kappa shape index (κ1) is 10.6. The SMILES string of the molecule is [CH2]c1ccc([O][Al]([CH2]C)[CH2]C)cc1. The molecule has 1 nitrogen and oxygen atoms in total. The third-order valence-electron chi connectivity index (χ3n) is 2.14. The van der Waals surface area contributed by atoms with Crippen LogP contribution < -0.4 is 3.79 Å². The zero-order valence-corrected chi connectivity index (χ0v) is 9.57. The molecule has 1 aromatic carbocycles. The summed E-state index contributed by atoms with van der Waals surface area (Å²) in [7, 11) is 0. The summed E-state index contributed by atoms with van der Waals surface area (Å²) in [6.07, 6.45) is 0. The lowest BCUT2D eigenvalue weighted by atomic mass is 10.2. The van der Waals surface area contributed by atoms with Crippen LogP contribution in [-0.4, -0.2) is 14.5 Å². The lowest BCUT2D eigenvalue weighted by Gasteiger charge is -2.11. The summed E-state index contributed by atoms with van der Waals surface area (Å²) in [5, 5.41) is 2.39. The van der Waals surface area contributed by atoms with Gasteiger partial charge in [-0.15, -0.1) is 0 Å². The van der Waals surface area contributed by atoms with E-state index in [-0.39, 0.29) is 0 Å². The van der Waals surface area contributed by atoms with Crippen molar-refractivity contribution in [3.05, 3.63) is 36.8 Å². The van der Waals surface area contributed by atoms with Gasteiger partial charge in [-0.2, -0.15) is 0 Å². The highest BCUT2D eigenvalue weighted by atomic mass is 27.2. The first-order chi connectivity index (χ1) is 6.26. The van der Waals surface area contributed by atoms with E-state index in [0.29, 0.717) is 0 Å². The molecule has 69 valence electrons. The molecular weight excluding hydrogens is 175 g/mol. The van der Waals surface area contributed by atoms with Gasteiger partial charge in [0.2, 0.25) is 0 Å². The molecule has 0 atom stereocenters. The zero-order chi connectivity index (χ0) is 9.68. The van der Waals surface area contributed by atoms with E-state index in [9.17, 15) is 0 Å². The Morgan fingerprint density at radius 1 is 1.15 bits per heavy atom. The summed E-state index contributed by atoms with van der Waals surface area (Å²) < 4.78 is 5.88. The Morgan fingerprint density at radius 2 is 1.69 bits per heavy atom. The summed E-state index contributed by atoms with van der Waals surface area (Å²) in [6.45, 7) is 8.25. The minimum Gasteiger partial charge on any atom is -0.643 e. The Labute approximate surface area is 85.5 Å². The molecule has 0 saturated carbocycles. The molecule has 1 radical (unpaired) electrons. The van der Waals surface area contributed by atoms with Crippen LogP contribution in [0.2, 0.25) is 10.6 Å². The maximum absolute atomic E-state index is 5.88. The van der Waals surface area contributed by atoms with Crippen molar-refractivity contribution in [1.29, 1.82) is 0 Å². The first-order valence-corrected chi connectivity index (χ1v) is 6.95. The second-order valence-electron chi connectivity index (χ2n) is 3.20. The summed E-state index contributed by atoms with van der Waals surface area (Å²) >= 11 is -0.955. The average molecular weight is 191 g/mol. The van der Waals surface area contributed by atoms with Crippen LogP contribution in [-0.2, 0) is 0 Å². The van der Waals surface area contributed by atoms with Gasteiger partial charge in [0.15, 0.2) is 0 Å². The van der Waals surface area contributed by atoms with E-state index in [2.05, 4.69) is 20.8 Å². The van der Waals surface area contributed by atoms with Crippen molar-refractivity contribution in [3.63, 3.8) is 0 Å². The Hall–Kier alpha value is -0.448. The summed E-state index contributed by atoms with van der Waals surface area (Å²) in [6, 6.07) is 8.00. The van der Waals surface area contributed by atoms with E-state index >= 15 is 0 Å². The van der Waals surface area contributed by atoms with Gasteiger partial charge in [0.1, 0.15) is 0 Å². The predicted octanol–water partition coefficient (Wildman–Crippen LogP) is 3.28. The van der Waals surface area contributed by atoms with E-state index < -0.39 is 14.5 Å². The van der Waals surface area contributed by atoms with Gasteiger partial charge in [-0.25, -0.2) is 0 Å². The standard InChI is InChI=1S/C7H7O.2C2H5.Al/c1-6-2-4-7(8)5-3-6;2*1-2;/h2-5,8H,1H2;2*1H2,2H3;/q;;;+1/p-1. The van der Waals surface area contributed by atoms with E-state index in [1.165, 1.54) is 10.6 Å². The van der Waals surface area contributed by atoms with Crippen molar-refractivity contribution >= 4 is 14.5 Å². The van der Waals surface area contributed by atoms with Crippen LogP contribution in [0, 0.1) is 6.92 Å². The molecule has 1 rings (SSSR count). The number of hydrogen-bond acceptors (Lipinski definition) is 1. The third-order valence-corrected chi connectivity index (χ3v) is 4.56. The van der Waals surface area contributed by atoms with Gasteiger partial charge < -0.3 is 3.79 Å². The second kappa shape index (κ2) is 5.32. The van der Waals surface area contributed by atoms with E-state index in [0.717, 1.165) is 11.3 Å². The van der Waals surface area contributed by atoms with Crippen molar-refractivity contribution in [2.24, 2.45) is 0 Å². The molecule has 0 amide bonds. The van der Waals surface area contributed by atoms with Crippen LogP contribution in [0.1, 0.15) is 19.4 Å². The first-order valence-electron chi connectivity index (χ1n) is 4.85. The number of hydrogen-bond donors (Lipinski definition) is 0. The van der Waals surface area contributed by atoms with E-state index in [1.807, 2.05) is 24.3 Å². The Morgan fingerprint density at radius 3 is 2.15 bits per heavy atom. The molecule has 0 aliphatic heterocycles. The fraction of sp³-hybridized carbons (Fsp3) is 0.364. The van der Waals surface area contributed by atoms with Gasteiger partial charge in [-0.1, -0.05) is 36.5 Å². The highest BCUT2D eigenvalue weighted by molar-refractivity contribution is 6.52. The van der Waals surface area contributed by atoms with Crippen molar-refractivity contribution in [3.8, 4) is 5.75 Å². The maximum atomic E-state index is 5.88. The Kier molecular flexibility index (Phi) is 4.35. The smallest absolute Gasteiger partial charge is 0.546 e. The largest absolute Gasteiger partial charge is 0.643 e. The minimum atomic E-state index is -0.955. The Bertz CT molecular complexity index is 239. The van der Waals surface area contributed by atoms with Crippen LogP contribution >= 0.6 is 0 Å². The highest BCUT2D eigenvalue weighted by Gasteiger charge is 2.17. The number of rotatable bonds is 4. The molecule has 0 aliphatic carbocycles. The minimum absolute atomic E-state index is 0.955. The zero-order valence-electron chi connectivity index (χ0n) is 8.42. The third kappa shape index (κ3) is 3.42. The number of benzene rings is 1. The van der Waals surface area contributed by atoms with Crippen molar-refractivity contribution < 1.29 is 3.79 Å². The summed E-state index contributed by atoms with van der Waals surface area (Å²) in [5.74, 6) is 1.01. The van der Waals surface area contributed by atoms with Crippen LogP contribution in [0.15, 0.2) is 24.3 Å². The quantitative estimate of drug-likeness (QED) is 0.663. The molecule has 1 aromatic rings. The normalized spacial score (nSPS) is 9.77. The topological polar surface area (TPSA) is 9.23 Å². The molecular formula is C11H16AlO. The molecule has 0 aliphatic rings. The molecule has 0 saturated heterocycles. The molecule has 0 N–H and O–H groups in total. The maximum Gasteiger partial charge on any atom is 0.546 e. The molecule has 0 unspecified atom stereocenters. The molecule has 0 bridgehead atoms. The van der Waals surface area contributed by atoms with Crippen molar-refractivity contribution in [2.45, 2.75) is 24.4 Å². The molecule has 2 heteroatoms. The second-order valence-corrected chi connectivity index (χ2v) is 6.31. The molecule has 0 heterocycles. The van der Waals surface area contributed by atoms with Gasteiger partial charge in [-0.3, -0.25) is 0 Å². The van der Waals surface area contributed by atoms with Crippen LogP contribution in [0.4, 0.5) is 0 Å². The van der Waals surface area contributed by atoms with Gasteiger partial charge in [-0.05, 0) is 24.6 Å². The molecule has 0 aromatic heterocycles. The summed E-state index contributed by atoms with van der Waals surface area (Å²) in [4.78, 5) is 0. The molecule has 0 spiro atoms. The fourth-order valence-corrected chi connectivity index (χ4v) is 2.67. The lowest BCUT2D eigenvalue weighted by molar-refractivity contribution is 0.566. The predicted molar refractivity (Wildman–Crippen MR) is 58.2 cm³/mol. The van der Waals surface area contributed by atoms with Gasteiger partial charge >= 0.3 is 14.5 Å². The fourth-order valence-electron chi connectivity index (χ4n) is 1.22.